The maximum absolute atomic E-state index is 10.7. The molecule has 0 atom stereocenters. The second-order valence-electron chi connectivity index (χ2n) is 3.24. The first-order valence-electron chi connectivity index (χ1n) is 4.67. The lowest BCUT2D eigenvalue weighted by Crippen LogP contribution is -2.02. The van der Waals surface area contributed by atoms with Gasteiger partial charge < -0.3 is 9.67 Å². The Morgan fingerprint density at radius 2 is 2.18 bits per heavy atom. The molecule has 2 rings (SSSR count). The molecule has 0 amide bonds. The van der Waals surface area contributed by atoms with Gasteiger partial charge >= 0.3 is 5.97 Å². The second-order valence-corrected chi connectivity index (χ2v) is 4.23. The minimum absolute atomic E-state index is 0.0890. The molecule has 2 heterocycles. The van der Waals surface area contributed by atoms with Crippen LogP contribution in [-0.2, 0) is 7.05 Å². The van der Waals surface area contributed by atoms with Gasteiger partial charge in [0.1, 0.15) is 10.9 Å². The lowest BCUT2D eigenvalue weighted by Gasteiger charge is -2.01. The van der Waals surface area contributed by atoms with Crippen LogP contribution in [-0.4, -0.2) is 35.8 Å². The molecule has 7 nitrogen and oxygen atoms in total. The molecule has 0 aliphatic heterocycles. The lowest BCUT2D eigenvalue weighted by atomic mass is 10.5. The van der Waals surface area contributed by atoms with Crippen molar-refractivity contribution in [2.24, 2.45) is 7.05 Å². The number of carboxylic acid groups (broad SMARTS) is 1. The first-order valence-corrected chi connectivity index (χ1v) is 5.49. The van der Waals surface area contributed by atoms with Crippen LogP contribution in [0.3, 0.4) is 0 Å². The molecule has 17 heavy (non-hydrogen) atoms. The van der Waals surface area contributed by atoms with Crippen LogP contribution >= 0.6 is 11.8 Å². The molecule has 0 spiro atoms. The van der Waals surface area contributed by atoms with Crippen molar-refractivity contribution in [3.8, 4) is 0 Å². The van der Waals surface area contributed by atoms with E-state index in [0.717, 1.165) is 5.82 Å². The summed E-state index contributed by atoms with van der Waals surface area (Å²) in [7, 11) is 1.83. The number of aryl methyl sites for hydroxylation is 1. The number of hydrogen-bond acceptors (Lipinski definition) is 6. The molecule has 0 saturated carbocycles. The van der Waals surface area contributed by atoms with Crippen LogP contribution in [0.25, 0.3) is 0 Å². The first kappa shape index (κ1) is 11.5. The van der Waals surface area contributed by atoms with E-state index in [-0.39, 0.29) is 5.69 Å². The van der Waals surface area contributed by atoms with E-state index in [1.807, 2.05) is 14.0 Å². The highest BCUT2D eigenvalue weighted by molar-refractivity contribution is 7.99. The third-order valence-corrected chi connectivity index (χ3v) is 3.02. The fourth-order valence-electron chi connectivity index (χ4n) is 1.07. The van der Waals surface area contributed by atoms with E-state index in [1.165, 1.54) is 24.2 Å². The fraction of sp³-hybridized carbons (Fsp3) is 0.222. The molecule has 0 aromatic carbocycles. The van der Waals surface area contributed by atoms with Crippen molar-refractivity contribution in [1.82, 2.24) is 24.7 Å². The predicted octanol–water partition coefficient (Wildman–Crippen LogP) is 0.763. The van der Waals surface area contributed by atoms with Gasteiger partial charge in [0.15, 0.2) is 10.9 Å². The fourth-order valence-corrected chi connectivity index (χ4v) is 1.87. The Balaban J connectivity index is 2.27. The van der Waals surface area contributed by atoms with Gasteiger partial charge in [-0.2, -0.15) is 0 Å². The molecule has 88 valence electrons. The van der Waals surface area contributed by atoms with Gasteiger partial charge in [0, 0.05) is 7.05 Å². The predicted molar refractivity (Wildman–Crippen MR) is 58.9 cm³/mol. The Hall–Kier alpha value is -1.96. The summed E-state index contributed by atoms with van der Waals surface area (Å²) in [6.07, 6.45) is 2.69. The van der Waals surface area contributed by atoms with Crippen molar-refractivity contribution in [2.75, 3.05) is 0 Å². The Kier molecular flexibility index (Phi) is 3.05. The van der Waals surface area contributed by atoms with Crippen molar-refractivity contribution in [2.45, 2.75) is 17.1 Å². The van der Waals surface area contributed by atoms with Gasteiger partial charge in [-0.1, -0.05) is 0 Å². The molecule has 0 aliphatic carbocycles. The van der Waals surface area contributed by atoms with Crippen molar-refractivity contribution < 1.29 is 9.90 Å². The standard InChI is InChI=1S/C9H9N5O2S/c1-5-12-13-9(14(5)2)17-7-4-10-3-6(11-7)8(15)16/h3-4H,1-2H3,(H,15,16). The average Bonchev–Trinajstić information content (AvgIpc) is 2.61. The number of carbonyl (C=O) groups is 1. The van der Waals surface area contributed by atoms with E-state index < -0.39 is 5.97 Å². The van der Waals surface area contributed by atoms with E-state index in [0.29, 0.717) is 10.2 Å². The maximum atomic E-state index is 10.7. The smallest absolute Gasteiger partial charge is 0.356 e. The zero-order chi connectivity index (χ0) is 12.4. The van der Waals surface area contributed by atoms with Gasteiger partial charge in [0.25, 0.3) is 0 Å². The topological polar surface area (TPSA) is 93.8 Å². The monoisotopic (exact) mass is 251 g/mol. The number of aromatic carboxylic acids is 1. The van der Waals surface area contributed by atoms with E-state index in [2.05, 4.69) is 20.2 Å². The van der Waals surface area contributed by atoms with Gasteiger partial charge in [-0.15, -0.1) is 10.2 Å². The summed E-state index contributed by atoms with van der Waals surface area (Å²) in [4.78, 5) is 18.5. The third-order valence-electron chi connectivity index (χ3n) is 2.08. The SMILES string of the molecule is Cc1nnc(Sc2cncc(C(=O)O)n2)n1C. The number of hydrogen-bond donors (Lipinski definition) is 1. The highest BCUT2D eigenvalue weighted by Gasteiger charge is 2.11. The van der Waals surface area contributed by atoms with E-state index in [1.54, 1.807) is 4.57 Å². The molecule has 0 aliphatic rings. The Morgan fingerprint density at radius 3 is 2.76 bits per heavy atom. The van der Waals surface area contributed by atoms with Gasteiger partial charge in [-0.3, -0.25) is 4.98 Å². The average molecular weight is 251 g/mol. The lowest BCUT2D eigenvalue weighted by molar-refractivity contribution is 0.0689. The molecule has 0 unspecified atom stereocenters. The van der Waals surface area contributed by atoms with E-state index in [4.69, 9.17) is 5.11 Å². The van der Waals surface area contributed by atoms with Crippen molar-refractivity contribution in [3.63, 3.8) is 0 Å². The molecule has 2 aromatic rings. The molecule has 8 heteroatoms. The summed E-state index contributed by atoms with van der Waals surface area (Å²) in [5.74, 6) is -0.330. The first-order chi connectivity index (χ1) is 8.08. The second kappa shape index (κ2) is 4.50. The molecular weight excluding hydrogens is 242 g/mol. The number of aromatic nitrogens is 5. The van der Waals surface area contributed by atoms with Gasteiger partial charge in [0.2, 0.25) is 0 Å². The molecule has 0 bridgehead atoms. The molecule has 1 N–H and O–H groups in total. The van der Waals surface area contributed by atoms with Gasteiger partial charge in [-0.25, -0.2) is 9.78 Å². The summed E-state index contributed by atoms with van der Waals surface area (Å²) in [5.41, 5.74) is -0.0890. The zero-order valence-corrected chi connectivity index (χ0v) is 9.97. The summed E-state index contributed by atoms with van der Waals surface area (Å²) in [6.45, 7) is 1.83. The van der Waals surface area contributed by atoms with E-state index in [9.17, 15) is 4.79 Å². The Bertz CT molecular complexity index is 568. The number of carboxylic acids is 1. The Labute approximate surface area is 101 Å². The van der Waals surface area contributed by atoms with Crippen LogP contribution in [0.5, 0.6) is 0 Å². The van der Waals surface area contributed by atoms with Crippen molar-refractivity contribution in [3.05, 3.63) is 23.9 Å². The van der Waals surface area contributed by atoms with Crippen molar-refractivity contribution in [1.29, 1.82) is 0 Å². The quantitative estimate of drug-likeness (QED) is 0.860. The minimum atomic E-state index is -1.10. The summed E-state index contributed by atoms with van der Waals surface area (Å²) >= 11 is 1.22. The summed E-state index contributed by atoms with van der Waals surface area (Å²) in [5, 5.41) is 17.7. The summed E-state index contributed by atoms with van der Waals surface area (Å²) < 4.78 is 1.79. The molecular formula is C9H9N5O2S. The van der Waals surface area contributed by atoms with Gasteiger partial charge in [0.05, 0.1) is 12.4 Å². The number of nitrogens with zero attached hydrogens (tertiary/aromatic N) is 5. The highest BCUT2D eigenvalue weighted by atomic mass is 32.2. The van der Waals surface area contributed by atoms with Crippen LogP contribution in [0.4, 0.5) is 0 Å². The minimum Gasteiger partial charge on any atom is -0.476 e. The molecule has 0 saturated heterocycles. The van der Waals surface area contributed by atoms with Crippen molar-refractivity contribution >= 4 is 17.7 Å². The number of rotatable bonds is 3. The van der Waals surface area contributed by atoms with Gasteiger partial charge in [-0.05, 0) is 18.7 Å². The third kappa shape index (κ3) is 2.41. The van der Waals surface area contributed by atoms with Crippen LogP contribution in [0.15, 0.2) is 22.6 Å². The van der Waals surface area contributed by atoms with Crippen LogP contribution in [0, 0.1) is 6.92 Å². The van der Waals surface area contributed by atoms with Crippen LogP contribution in [0.1, 0.15) is 16.3 Å². The maximum Gasteiger partial charge on any atom is 0.356 e. The molecule has 0 radical (unpaired) electrons. The molecule has 0 fully saturated rings. The van der Waals surface area contributed by atoms with Crippen LogP contribution < -0.4 is 0 Å². The Morgan fingerprint density at radius 1 is 1.41 bits per heavy atom. The zero-order valence-electron chi connectivity index (χ0n) is 9.15. The molecule has 2 aromatic heterocycles. The van der Waals surface area contributed by atoms with E-state index >= 15 is 0 Å². The van der Waals surface area contributed by atoms with Crippen LogP contribution in [0.2, 0.25) is 0 Å². The highest BCUT2D eigenvalue weighted by Crippen LogP contribution is 2.23. The summed E-state index contributed by atoms with van der Waals surface area (Å²) in [6, 6.07) is 0. The normalized spacial score (nSPS) is 10.5. The largest absolute Gasteiger partial charge is 0.476 e.